The summed E-state index contributed by atoms with van der Waals surface area (Å²) in [6.45, 7) is 0.307. The molecular formula is C25H19FN6O2S. The number of carbonyl (C=O) groups is 2. The molecule has 0 aliphatic rings. The number of nitrogens with zero attached hydrogens (tertiary/aromatic N) is 4. The Balaban J connectivity index is 1.32. The largest absolute Gasteiger partial charge is 0.339 e. The molecule has 2 aromatic heterocycles. The molecule has 1 atom stereocenters. The van der Waals surface area contributed by atoms with E-state index in [-0.39, 0.29) is 5.82 Å². The van der Waals surface area contributed by atoms with Gasteiger partial charge in [0, 0.05) is 23.2 Å². The molecule has 8 nitrogen and oxygen atoms in total. The maximum Gasteiger partial charge on any atom is 0.313 e. The summed E-state index contributed by atoms with van der Waals surface area (Å²) in [6.07, 6.45) is 1.67. The van der Waals surface area contributed by atoms with E-state index >= 15 is 0 Å². The zero-order valence-electron chi connectivity index (χ0n) is 18.3. The third-order valence-corrected chi connectivity index (χ3v) is 5.99. The molecule has 10 heteroatoms. The van der Waals surface area contributed by atoms with E-state index in [9.17, 15) is 14.0 Å². The predicted molar refractivity (Wildman–Crippen MR) is 131 cm³/mol. The second-order valence-electron chi connectivity index (χ2n) is 7.78. The van der Waals surface area contributed by atoms with Crippen molar-refractivity contribution in [3.05, 3.63) is 95.9 Å². The summed E-state index contributed by atoms with van der Waals surface area (Å²) in [5.74, 6) is -2.01. The van der Waals surface area contributed by atoms with Crippen molar-refractivity contribution in [3.63, 3.8) is 0 Å². The van der Waals surface area contributed by atoms with E-state index in [4.69, 9.17) is 0 Å². The van der Waals surface area contributed by atoms with Crippen LogP contribution in [-0.4, -0.2) is 31.0 Å². The van der Waals surface area contributed by atoms with Crippen molar-refractivity contribution >= 4 is 40.1 Å². The summed E-state index contributed by atoms with van der Waals surface area (Å²) >= 11 is 1.25. The Kier molecular flexibility index (Phi) is 6.27. The Morgan fingerprint density at radius 2 is 1.74 bits per heavy atom. The number of amides is 2. The van der Waals surface area contributed by atoms with Crippen LogP contribution in [0.2, 0.25) is 0 Å². The summed E-state index contributed by atoms with van der Waals surface area (Å²) in [7, 11) is 0. The van der Waals surface area contributed by atoms with Crippen LogP contribution in [0.15, 0.2) is 84.5 Å². The van der Waals surface area contributed by atoms with Crippen LogP contribution in [0.25, 0.3) is 22.3 Å². The van der Waals surface area contributed by atoms with Crippen LogP contribution in [0.5, 0.6) is 0 Å². The number of aromatic nitrogens is 4. The van der Waals surface area contributed by atoms with E-state index in [2.05, 4.69) is 25.2 Å². The lowest BCUT2D eigenvalue weighted by Crippen LogP contribution is -2.39. The molecule has 0 bridgehead atoms. The molecule has 5 rings (SSSR count). The van der Waals surface area contributed by atoms with E-state index in [0.717, 1.165) is 22.3 Å². The number of benzene rings is 3. The molecule has 35 heavy (non-hydrogen) atoms. The molecule has 0 aliphatic carbocycles. The van der Waals surface area contributed by atoms with Crippen LogP contribution in [0.4, 0.5) is 10.1 Å². The van der Waals surface area contributed by atoms with Crippen molar-refractivity contribution in [3.8, 4) is 11.3 Å². The molecule has 0 saturated heterocycles. The highest BCUT2D eigenvalue weighted by Crippen LogP contribution is 2.21. The minimum absolute atomic E-state index is 0.307. The SMILES string of the molecule is O=C(Nc1ccc(-c2csnn2)cc1)C(=O)NC(Cn1cnc2ccccc21)c1ccc(F)cc1. The lowest BCUT2D eigenvalue weighted by Gasteiger charge is -2.20. The van der Waals surface area contributed by atoms with Crippen molar-refractivity contribution in [2.24, 2.45) is 0 Å². The van der Waals surface area contributed by atoms with Crippen molar-refractivity contribution < 1.29 is 14.0 Å². The van der Waals surface area contributed by atoms with Crippen LogP contribution in [0.3, 0.4) is 0 Å². The van der Waals surface area contributed by atoms with Gasteiger partial charge in [0.2, 0.25) is 0 Å². The van der Waals surface area contributed by atoms with Gasteiger partial charge in [0.1, 0.15) is 11.5 Å². The van der Waals surface area contributed by atoms with Gasteiger partial charge in [0.15, 0.2) is 0 Å². The quantitative estimate of drug-likeness (QED) is 0.351. The fraction of sp³-hybridized carbons (Fsp3) is 0.0800. The number of fused-ring (bicyclic) bond motifs is 1. The van der Waals surface area contributed by atoms with Crippen molar-refractivity contribution in [1.82, 2.24) is 24.5 Å². The lowest BCUT2D eigenvalue weighted by molar-refractivity contribution is -0.136. The number of anilines is 1. The van der Waals surface area contributed by atoms with Crippen LogP contribution in [0.1, 0.15) is 11.6 Å². The van der Waals surface area contributed by atoms with Crippen LogP contribution in [0, 0.1) is 5.82 Å². The molecule has 2 heterocycles. The molecule has 5 aromatic rings. The van der Waals surface area contributed by atoms with Gasteiger partial charge in [-0.25, -0.2) is 9.37 Å². The van der Waals surface area contributed by atoms with Gasteiger partial charge in [-0.05, 0) is 53.5 Å². The fourth-order valence-corrected chi connectivity index (χ4v) is 4.17. The number of nitrogens with one attached hydrogen (secondary N) is 2. The Morgan fingerprint density at radius 3 is 2.49 bits per heavy atom. The minimum atomic E-state index is -0.810. The van der Waals surface area contributed by atoms with E-state index in [1.165, 1.54) is 23.7 Å². The predicted octanol–water partition coefficient (Wildman–Crippen LogP) is 4.19. The second-order valence-corrected chi connectivity index (χ2v) is 8.39. The van der Waals surface area contributed by atoms with E-state index in [1.807, 2.05) is 34.2 Å². The summed E-state index contributed by atoms with van der Waals surface area (Å²) in [5.41, 5.74) is 4.41. The van der Waals surface area contributed by atoms with Crippen molar-refractivity contribution in [2.45, 2.75) is 12.6 Å². The normalized spacial score (nSPS) is 11.8. The third-order valence-electron chi connectivity index (χ3n) is 5.49. The van der Waals surface area contributed by atoms with Crippen LogP contribution in [-0.2, 0) is 16.1 Å². The van der Waals surface area contributed by atoms with Crippen LogP contribution < -0.4 is 10.6 Å². The van der Waals surface area contributed by atoms with Gasteiger partial charge in [-0.3, -0.25) is 9.59 Å². The maximum atomic E-state index is 13.5. The first-order valence-electron chi connectivity index (χ1n) is 10.7. The fourth-order valence-electron chi connectivity index (χ4n) is 3.71. The van der Waals surface area contributed by atoms with E-state index in [0.29, 0.717) is 17.8 Å². The molecule has 3 aromatic carbocycles. The topological polar surface area (TPSA) is 102 Å². The molecule has 0 aliphatic heterocycles. The number of carbonyl (C=O) groups excluding carboxylic acids is 2. The lowest BCUT2D eigenvalue weighted by atomic mass is 10.1. The number of hydrogen-bond acceptors (Lipinski definition) is 6. The average Bonchev–Trinajstić information content (AvgIpc) is 3.55. The molecular weight excluding hydrogens is 467 g/mol. The molecule has 0 saturated carbocycles. The average molecular weight is 487 g/mol. The first-order chi connectivity index (χ1) is 17.1. The Morgan fingerprint density at radius 1 is 0.971 bits per heavy atom. The minimum Gasteiger partial charge on any atom is -0.339 e. The Labute approximate surface area is 203 Å². The highest BCUT2D eigenvalue weighted by Gasteiger charge is 2.21. The number of hydrogen-bond donors (Lipinski definition) is 2. The number of halogens is 1. The van der Waals surface area contributed by atoms with Crippen molar-refractivity contribution in [2.75, 3.05) is 5.32 Å². The van der Waals surface area contributed by atoms with Gasteiger partial charge in [0.05, 0.1) is 23.4 Å². The Bertz CT molecular complexity index is 1470. The summed E-state index contributed by atoms with van der Waals surface area (Å²) in [5, 5.41) is 11.2. The maximum absolute atomic E-state index is 13.5. The molecule has 0 radical (unpaired) electrons. The third kappa shape index (κ3) is 5.07. The first kappa shape index (κ1) is 22.4. The molecule has 2 N–H and O–H groups in total. The van der Waals surface area contributed by atoms with Crippen LogP contribution >= 0.6 is 11.5 Å². The number of imidazole rings is 1. The van der Waals surface area contributed by atoms with E-state index < -0.39 is 17.9 Å². The highest BCUT2D eigenvalue weighted by molar-refractivity contribution is 7.03. The second kappa shape index (κ2) is 9.82. The van der Waals surface area contributed by atoms with Gasteiger partial charge in [-0.15, -0.1) is 5.10 Å². The van der Waals surface area contributed by atoms with Gasteiger partial charge in [-0.2, -0.15) is 0 Å². The first-order valence-corrected chi connectivity index (χ1v) is 11.5. The summed E-state index contributed by atoms with van der Waals surface area (Å²) in [4.78, 5) is 29.8. The zero-order chi connectivity index (χ0) is 24.2. The zero-order valence-corrected chi connectivity index (χ0v) is 19.1. The number of para-hydroxylation sites is 2. The van der Waals surface area contributed by atoms with Gasteiger partial charge >= 0.3 is 11.8 Å². The molecule has 2 amide bonds. The smallest absolute Gasteiger partial charge is 0.313 e. The van der Waals surface area contributed by atoms with Gasteiger partial charge in [0.25, 0.3) is 0 Å². The van der Waals surface area contributed by atoms with E-state index in [1.54, 1.807) is 42.7 Å². The van der Waals surface area contributed by atoms with Gasteiger partial charge in [-0.1, -0.05) is 40.9 Å². The Hall–Kier alpha value is -4.44. The van der Waals surface area contributed by atoms with Crippen molar-refractivity contribution in [1.29, 1.82) is 0 Å². The number of rotatable bonds is 6. The molecule has 0 spiro atoms. The summed E-state index contributed by atoms with van der Waals surface area (Å²) in [6, 6.07) is 19.8. The monoisotopic (exact) mass is 486 g/mol. The summed E-state index contributed by atoms with van der Waals surface area (Å²) < 4.78 is 19.2. The standard InChI is InChI=1S/C25H19FN6O2S/c26-18-9-5-16(6-10-18)21(13-32-15-27-20-3-1-2-4-23(20)32)29-25(34)24(33)28-19-11-7-17(8-12-19)22-14-35-31-30-22/h1-12,14-15,21H,13H2,(H,28,33)(H,29,34). The highest BCUT2D eigenvalue weighted by atomic mass is 32.1. The molecule has 0 fully saturated rings. The van der Waals surface area contributed by atoms with Gasteiger partial charge < -0.3 is 15.2 Å². The molecule has 174 valence electrons. The molecule has 1 unspecified atom stereocenters.